The predicted octanol–water partition coefficient (Wildman–Crippen LogP) is -1.55. The number of aryl methyl sites for hydroxylation is 1. The zero-order valence-corrected chi connectivity index (χ0v) is 29.8. The molecule has 1 aliphatic heterocycles. The van der Waals surface area contributed by atoms with E-state index in [1.165, 1.54) is 14.7 Å². The highest BCUT2D eigenvalue weighted by molar-refractivity contribution is 5.75. The van der Waals surface area contributed by atoms with E-state index in [0.29, 0.717) is 51.6 Å². The Kier molecular flexibility index (Phi) is 21.2. The van der Waals surface area contributed by atoms with Gasteiger partial charge in [0.05, 0.1) is 39.6 Å². The monoisotopic (exact) mass is 744 g/mol. The van der Waals surface area contributed by atoms with E-state index in [1.807, 2.05) is 31.2 Å². The van der Waals surface area contributed by atoms with E-state index in [4.69, 9.17) is 14.2 Å². The molecule has 0 aromatic heterocycles. The average Bonchev–Trinajstić information content (AvgIpc) is 3.10. The van der Waals surface area contributed by atoms with Crippen molar-refractivity contribution in [2.75, 3.05) is 105 Å². The standard InChI is InChI=1S/C34H56N4O14/c1-2-50-18-19-51-20-21-52-26-8-6-25(7-9-26)4-3-5-27(31(42)43)35-10-12-36(28(22-39)32(44)45)14-16-38(30(24-41)34(48)49)17-15-37(13-11-35)29(23-40)33(46)47/h6-9,27-30,39-41H,2-5,10-24H2,1H3,(H,42,43)(H,44,45)(H,46,47)(H,48,49)/t27-,28?,29?,30+/m0/s1. The number of hydrogen-bond acceptors (Lipinski definition) is 14. The third-order valence-electron chi connectivity index (χ3n) is 9.06. The van der Waals surface area contributed by atoms with Crippen LogP contribution in [0.25, 0.3) is 0 Å². The van der Waals surface area contributed by atoms with Crippen molar-refractivity contribution in [2.45, 2.75) is 50.4 Å². The second-order valence-electron chi connectivity index (χ2n) is 12.3. The number of aliphatic carboxylic acids is 4. The SMILES string of the molecule is CCOCCOCCOc1ccc(CCC[C@@H](C(=O)O)N2CCN(C(CO)C(=O)O)CCN([C@H](CO)C(=O)O)CCN(C(CO)C(=O)O)CC2)cc1. The predicted molar refractivity (Wildman–Crippen MR) is 185 cm³/mol. The van der Waals surface area contributed by atoms with Crippen LogP contribution in [0, 0.1) is 0 Å². The first-order valence-electron chi connectivity index (χ1n) is 17.5. The lowest BCUT2D eigenvalue weighted by atomic mass is 10.0. The summed E-state index contributed by atoms with van der Waals surface area (Å²) < 4.78 is 16.4. The summed E-state index contributed by atoms with van der Waals surface area (Å²) in [5.74, 6) is -4.43. The second-order valence-corrected chi connectivity index (χ2v) is 12.3. The van der Waals surface area contributed by atoms with Gasteiger partial charge in [-0.15, -0.1) is 0 Å². The van der Waals surface area contributed by atoms with E-state index in [2.05, 4.69) is 0 Å². The molecular weight excluding hydrogens is 688 g/mol. The molecule has 1 fully saturated rings. The number of hydrogen-bond donors (Lipinski definition) is 7. The fraction of sp³-hybridized carbons (Fsp3) is 0.706. The molecule has 0 amide bonds. The third kappa shape index (κ3) is 15.3. The summed E-state index contributed by atoms with van der Waals surface area (Å²) in [7, 11) is 0. The summed E-state index contributed by atoms with van der Waals surface area (Å²) in [5, 5.41) is 69.5. The van der Waals surface area contributed by atoms with Crippen LogP contribution in [-0.2, 0) is 35.1 Å². The van der Waals surface area contributed by atoms with E-state index < -0.39 is 67.9 Å². The van der Waals surface area contributed by atoms with Gasteiger partial charge in [0.15, 0.2) is 0 Å². The molecule has 2 unspecified atom stereocenters. The molecule has 296 valence electrons. The molecule has 0 spiro atoms. The lowest BCUT2D eigenvalue weighted by Gasteiger charge is -2.39. The maximum absolute atomic E-state index is 12.7. The van der Waals surface area contributed by atoms with Crippen molar-refractivity contribution >= 4 is 23.9 Å². The van der Waals surface area contributed by atoms with Gasteiger partial charge in [-0.2, -0.15) is 0 Å². The summed E-state index contributed by atoms with van der Waals surface area (Å²) in [6.07, 6.45) is 1.24. The number of benzene rings is 1. The van der Waals surface area contributed by atoms with Crippen molar-refractivity contribution in [3.05, 3.63) is 29.8 Å². The molecule has 18 nitrogen and oxygen atoms in total. The fourth-order valence-corrected chi connectivity index (χ4v) is 6.07. The molecule has 1 aromatic carbocycles. The summed E-state index contributed by atoms with van der Waals surface area (Å²) >= 11 is 0. The van der Waals surface area contributed by atoms with Gasteiger partial charge in [0.25, 0.3) is 0 Å². The summed E-state index contributed by atoms with van der Waals surface area (Å²) in [6, 6.07) is 2.29. The Balaban J connectivity index is 2.22. The molecule has 0 saturated carbocycles. The highest BCUT2D eigenvalue weighted by Crippen LogP contribution is 2.17. The number of rotatable bonds is 23. The van der Waals surface area contributed by atoms with Crippen molar-refractivity contribution in [1.29, 1.82) is 0 Å². The molecule has 0 radical (unpaired) electrons. The van der Waals surface area contributed by atoms with Gasteiger partial charge >= 0.3 is 23.9 Å². The number of ether oxygens (including phenoxy) is 3. The maximum Gasteiger partial charge on any atom is 0.323 e. The quantitative estimate of drug-likeness (QED) is 0.0627. The van der Waals surface area contributed by atoms with Crippen molar-refractivity contribution in [3.63, 3.8) is 0 Å². The smallest absolute Gasteiger partial charge is 0.323 e. The lowest BCUT2D eigenvalue weighted by Crippen LogP contribution is -2.57. The Labute approximate surface area is 303 Å². The largest absolute Gasteiger partial charge is 0.491 e. The van der Waals surface area contributed by atoms with Gasteiger partial charge in [-0.3, -0.25) is 38.8 Å². The zero-order valence-electron chi connectivity index (χ0n) is 29.8. The normalized spacial score (nSPS) is 18.4. The van der Waals surface area contributed by atoms with Gasteiger partial charge in [0.1, 0.15) is 36.5 Å². The van der Waals surface area contributed by atoms with Gasteiger partial charge in [-0.25, -0.2) is 0 Å². The average molecular weight is 745 g/mol. The van der Waals surface area contributed by atoms with Crippen molar-refractivity contribution in [1.82, 2.24) is 19.6 Å². The third-order valence-corrected chi connectivity index (χ3v) is 9.06. The minimum atomic E-state index is -1.38. The molecule has 2 rings (SSSR count). The Morgan fingerprint density at radius 2 is 0.942 bits per heavy atom. The van der Waals surface area contributed by atoms with E-state index >= 15 is 0 Å². The van der Waals surface area contributed by atoms with Gasteiger partial charge in [-0.05, 0) is 43.9 Å². The molecule has 18 heteroatoms. The Morgan fingerprint density at radius 3 is 1.31 bits per heavy atom. The van der Waals surface area contributed by atoms with Crippen molar-refractivity contribution in [2.24, 2.45) is 0 Å². The van der Waals surface area contributed by atoms with Gasteiger partial charge in [0.2, 0.25) is 0 Å². The first kappa shape index (κ1) is 44.7. The van der Waals surface area contributed by atoms with Gasteiger partial charge < -0.3 is 50.0 Å². The van der Waals surface area contributed by atoms with Gasteiger partial charge in [0, 0.05) is 59.0 Å². The number of nitrogens with zero attached hydrogens (tertiary/aromatic N) is 4. The molecule has 1 aliphatic rings. The number of aliphatic hydroxyl groups is 3. The van der Waals surface area contributed by atoms with Crippen molar-refractivity contribution in [3.8, 4) is 5.75 Å². The first-order valence-corrected chi connectivity index (χ1v) is 17.5. The summed E-state index contributed by atoms with van der Waals surface area (Å²) in [4.78, 5) is 54.6. The van der Waals surface area contributed by atoms with Crippen LogP contribution in [-0.4, -0.2) is 209 Å². The summed E-state index contributed by atoms with van der Waals surface area (Å²) in [5.41, 5.74) is 0.960. The zero-order chi connectivity index (χ0) is 38.5. The molecule has 1 aromatic rings. The van der Waals surface area contributed by atoms with E-state index in [9.17, 15) is 54.9 Å². The van der Waals surface area contributed by atoms with E-state index in [1.54, 1.807) is 4.90 Å². The van der Waals surface area contributed by atoms with Crippen LogP contribution in [0.1, 0.15) is 25.3 Å². The molecule has 0 aliphatic carbocycles. The highest BCUT2D eigenvalue weighted by atomic mass is 16.5. The number of carboxylic acid groups (broad SMARTS) is 4. The number of carbonyl (C=O) groups is 4. The lowest BCUT2D eigenvalue weighted by molar-refractivity contribution is -0.149. The van der Waals surface area contributed by atoms with Gasteiger partial charge in [-0.1, -0.05) is 12.1 Å². The topological polar surface area (TPSA) is 251 Å². The van der Waals surface area contributed by atoms with Crippen LogP contribution in [0.4, 0.5) is 0 Å². The van der Waals surface area contributed by atoms with E-state index in [0.717, 1.165) is 5.56 Å². The van der Waals surface area contributed by atoms with Crippen LogP contribution < -0.4 is 4.74 Å². The number of carboxylic acids is 4. The molecule has 7 N–H and O–H groups in total. The first-order chi connectivity index (χ1) is 25.0. The molecule has 1 saturated heterocycles. The molecule has 4 atom stereocenters. The maximum atomic E-state index is 12.7. The van der Waals surface area contributed by atoms with Crippen LogP contribution in [0.5, 0.6) is 5.75 Å². The van der Waals surface area contributed by atoms with Crippen LogP contribution >= 0.6 is 0 Å². The van der Waals surface area contributed by atoms with Crippen LogP contribution in [0.3, 0.4) is 0 Å². The number of aliphatic hydroxyl groups excluding tert-OH is 3. The molecule has 0 bridgehead atoms. The minimum absolute atomic E-state index is 0.0204. The van der Waals surface area contributed by atoms with Crippen LogP contribution in [0.2, 0.25) is 0 Å². The molecule has 52 heavy (non-hydrogen) atoms. The van der Waals surface area contributed by atoms with Crippen LogP contribution in [0.15, 0.2) is 24.3 Å². The summed E-state index contributed by atoms with van der Waals surface area (Å²) in [6.45, 7) is 1.81. The molecular formula is C34H56N4O14. The van der Waals surface area contributed by atoms with E-state index in [-0.39, 0.29) is 58.8 Å². The van der Waals surface area contributed by atoms with Crippen molar-refractivity contribution < 1.29 is 69.1 Å². The Hall–Kier alpha value is -3.46. The minimum Gasteiger partial charge on any atom is -0.491 e. The fourth-order valence-electron chi connectivity index (χ4n) is 6.07. The molecule has 1 heterocycles. The second kappa shape index (κ2) is 24.7. The highest BCUT2D eigenvalue weighted by Gasteiger charge is 2.34. The Bertz CT molecular complexity index is 1170. The Morgan fingerprint density at radius 1 is 0.577 bits per heavy atom.